The van der Waals surface area contributed by atoms with Gasteiger partial charge >= 0.3 is 29.6 Å². The number of rotatable bonds is 0. The fourth-order valence-electron chi connectivity index (χ4n) is 2.27. The van der Waals surface area contributed by atoms with Crippen molar-refractivity contribution < 1.29 is 48.8 Å². The molecule has 0 fully saturated rings. The molecule has 28 heavy (non-hydrogen) atoms. The second-order valence-corrected chi connectivity index (χ2v) is 6.34. The Balaban J connectivity index is 0.000000222. The molecule has 4 aromatic carbocycles. The predicted molar refractivity (Wildman–Crippen MR) is 102 cm³/mol. The van der Waals surface area contributed by atoms with Gasteiger partial charge in [-0.2, -0.15) is 7.82 Å². The van der Waals surface area contributed by atoms with E-state index in [2.05, 4.69) is 12.1 Å². The van der Waals surface area contributed by atoms with E-state index in [0.29, 0.717) is 11.4 Å². The molecule has 0 saturated heterocycles. The van der Waals surface area contributed by atoms with E-state index in [1.807, 2.05) is 72.8 Å². The number of phosphoric acid groups is 1. The van der Waals surface area contributed by atoms with Crippen molar-refractivity contribution in [2.75, 3.05) is 11.5 Å². The first-order chi connectivity index (χ1) is 12.7. The first kappa shape index (κ1) is 24.1. The molecule has 0 radical (unpaired) electrons. The first-order valence-electron chi connectivity index (χ1n) is 7.78. The summed E-state index contributed by atoms with van der Waals surface area (Å²) in [5.41, 5.74) is 12.5. The molecule has 0 unspecified atom stereocenters. The van der Waals surface area contributed by atoms with Crippen molar-refractivity contribution in [1.82, 2.24) is 0 Å². The summed E-state index contributed by atoms with van der Waals surface area (Å²) in [6.45, 7) is 0. The van der Waals surface area contributed by atoms with Gasteiger partial charge in [-0.05, 0) is 0 Å². The van der Waals surface area contributed by atoms with E-state index < -0.39 is 7.82 Å². The van der Waals surface area contributed by atoms with Crippen LogP contribution in [0.25, 0.3) is 21.5 Å². The van der Waals surface area contributed by atoms with Gasteiger partial charge in [-0.3, -0.25) is 0 Å². The summed E-state index contributed by atoms with van der Waals surface area (Å²) in [5, 5.41) is 4.52. The molecule has 4 rings (SSSR count). The average molecular weight is 402 g/mol. The fourth-order valence-corrected chi connectivity index (χ4v) is 2.27. The molecular weight excluding hydrogens is 386 g/mol. The number of hydrogen-bond acceptors (Lipinski definition) is 6. The SMILES string of the molecule is Nc1[c-]c2ccccc2cc1.Nc1[c-]c2ccccc2cc1.O=P([O-])([O-])[O-].[Na+]. The molecule has 140 valence electrons. The van der Waals surface area contributed by atoms with Gasteiger partial charge in [-0.15, -0.1) is 82.2 Å². The Hall–Kier alpha value is -1.89. The summed E-state index contributed by atoms with van der Waals surface area (Å²) >= 11 is 0. The van der Waals surface area contributed by atoms with Crippen LogP contribution >= 0.6 is 7.82 Å². The van der Waals surface area contributed by atoms with E-state index >= 15 is 0 Å². The maximum atomic E-state index is 8.55. The number of nitrogens with two attached hydrogens (primary N) is 2. The van der Waals surface area contributed by atoms with Gasteiger partial charge in [0, 0.05) is 0 Å². The van der Waals surface area contributed by atoms with Crippen molar-refractivity contribution in [2.24, 2.45) is 0 Å². The maximum Gasteiger partial charge on any atom is 1.00 e. The number of hydrogen-bond donors (Lipinski definition) is 2. The predicted octanol–water partition coefficient (Wildman–Crippen LogP) is -1.38. The number of anilines is 2. The van der Waals surface area contributed by atoms with Gasteiger partial charge in [0.25, 0.3) is 0 Å². The molecule has 0 spiro atoms. The van der Waals surface area contributed by atoms with Gasteiger partial charge in [0.05, 0.1) is 0 Å². The van der Waals surface area contributed by atoms with Crippen molar-refractivity contribution in [3.8, 4) is 0 Å². The summed E-state index contributed by atoms with van der Waals surface area (Å²) in [7, 11) is -5.39. The molecule has 4 N–H and O–H groups in total. The van der Waals surface area contributed by atoms with Crippen molar-refractivity contribution in [2.45, 2.75) is 0 Å². The second kappa shape index (κ2) is 11.2. The van der Waals surface area contributed by atoms with Crippen LogP contribution in [0.15, 0.2) is 72.8 Å². The Morgan fingerprint density at radius 1 is 0.643 bits per heavy atom. The molecule has 0 aromatic heterocycles. The molecule has 4 aromatic rings. The molecule has 0 aliphatic heterocycles. The molecule has 8 heteroatoms. The Morgan fingerprint density at radius 3 is 1.32 bits per heavy atom. The van der Waals surface area contributed by atoms with E-state index in [4.69, 9.17) is 30.7 Å². The number of fused-ring (bicyclic) bond motifs is 2. The molecular formula is C20H16N2NaO4P-4. The van der Waals surface area contributed by atoms with Gasteiger partial charge < -0.3 is 30.7 Å². The minimum Gasteiger partial charge on any atom is -0.822 e. The zero-order valence-corrected chi connectivity index (χ0v) is 18.1. The number of benzene rings is 4. The quantitative estimate of drug-likeness (QED) is 0.161. The van der Waals surface area contributed by atoms with Crippen LogP contribution in [0.5, 0.6) is 0 Å². The van der Waals surface area contributed by atoms with E-state index in [0.717, 1.165) is 10.8 Å². The van der Waals surface area contributed by atoms with Crippen molar-refractivity contribution >= 4 is 40.7 Å². The molecule has 0 heterocycles. The standard InChI is InChI=1S/2C10H8N.Na.H3O4P/c2*11-10-6-5-8-3-1-2-4-9(8)7-10;;1-5(2,3)4/h2*1-6H,11H2;;(H3,1,2,3,4)/q2*-1;+1;/p-3. The van der Waals surface area contributed by atoms with Crippen LogP contribution in [0, 0.1) is 12.1 Å². The Labute approximate surface area is 185 Å². The monoisotopic (exact) mass is 402 g/mol. The molecule has 0 amide bonds. The summed E-state index contributed by atoms with van der Waals surface area (Å²) in [4.78, 5) is 25.6. The summed E-state index contributed by atoms with van der Waals surface area (Å²) < 4.78 is 8.55. The largest absolute Gasteiger partial charge is 1.00 e. The van der Waals surface area contributed by atoms with Crippen LogP contribution < -0.4 is 55.7 Å². The minimum absolute atomic E-state index is 0. The third-order valence-corrected chi connectivity index (χ3v) is 3.36. The summed E-state index contributed by atoms with van der Waals surface area (Å²) in [6.07, 6.45) is 0. The van der Waals surface area contributed by atoms with E-state index in [9.17, 15) is 0 Å². The van der Waals surface area contributed by atoms with Crippen molar-refractivity contribution in [1.29, 1.82) is 0 Å². The van der Waals surface area contributed by atoms with Gasteiger partial charge in [0.15, 0.2) is 0 Å². The normalized spacial score (nSPS) is 10.1. The van der Waals surface area contributed by atoms with Crippen LogP contribution in [-0.2, 0) is 4.57 Å². The van der Waals surface area contributed by atoms with E-state index in [-0.39, 0.29) is 29.6 Å². The van der Waals surface area contributed by atoms with Crippen LogP contribution in [0.1, 0.15) is 0 Å². The molecule has 0 bridgehead atoms. The first-order valence-corrected chi connectivity index (χ1v) is 9.24. The minimum atomic E-state index is -5.39. The van der Waals surface area contributed by atoms with Crippen LogP contribution in [0.2, 0.25) is 0 Å². The topological polar surface area (TPSA) is 138 Å². The Morgan fingerprint density at radius 2 is 0.964 bits per heavy atom. The van der Waals surface area contributed by atoms with Gasteiger partial charge in [0.2, 0.25) is 0 Å². The Bertz CT molecular complexity index is 1000. The third kappa shape index (κ3) is 8.87. The molecule has 6 nitrogen and oxygen atoms in total. The van der Waals surface area contributed by atoms with Gasteiger partial charge in [-0.1, -0.05) is 35.6 Å². The summed E-state index contributed by atoms with van der Waals surface area (Å²) in [5.74, 6) is 0. The Kier molecular flexibility index (Phi) is 9.65. The molecule has 0 saturated carbocycles. The van der Waals surface area contributed by atoms with Crippen LogP contribution in [0.3, 0.4) is 0 Å². The molecule has 0 atom stereocenters. The average Bonchev–Trinajstić information content (AvgIpc) is 2.60. The maximum absolute atomic E-state index is 8.55. The fraction of sp³-hybridized carbons (Fsp3) is 0. The number of nitrogen functional groups attached to an aromatic ring is 2. The third-order valence-electron chi connectivity index (χ3n) is 3.36. The smallest absolute Gasteiger partial charge is 0.822 e. The van der Waals surface area contributed by atoms with Gasteiger partial charge in [0.1, 0.15) is 0 Å². The second-order valence-electron chi connectivity index (χ2n) is 5.45. The zero-order valence-electron chi connectivity index (χ0n) is 15.2. The van der Waals surface area contributed by atoms with Crippen molar-refractivity contribution in [3.63, 3.8) is 0 Å². The van der Waals surface area contributed by atoms with Crippen LogP contribution in [0.4, 0.5) is 11.4 Å². The molecule has 0 aliphatic rings. The van der Waals surface area contributed by atoms with Crippen molar-refractivity contribution in [3.05, 3.63) is 84.9 Å². The van der Waals surface area contributed by atoms with E-state index in [1.54, 1.807) is 0 Å². The zero-order chi connectivity index (χ0) is 19.9. The van der Waals surface area contributed by atoms with E-state index in [1.165, 1.54) is 10.8 Å². The van der Waals surface area contributed by atoms with Crippen LogP contribution in [-0.4, -0.2) is 0 Å². The molecule has 0 aliphatic carbocycles. The van der Waals surface area contributed by atoms with Gasteiger partial charge in [-0.25, -0.2) is 0 Å². The summed E-state index contributed by atoms with van der Waals surface area (Å²) in [6, 6.07) is 30.0.